The Kier molecular flexibility index (Phi) is 5.37. The van der Waals surface area contributed by atoms with Gasteiger partial charge in [0.05, 0.1) is 24.8 Å². The molecule has 1 unspecified atom stereocenters. The molecule has 30 heavy (non-hydrogen) atoms. The molecular weight excluding hydrogens is 386 g/mol. The van der Waals surface area contributed by atoms with E-state index >= 15 is 0 Å². The molecule has 0 spiro atoms. The summed E-state index contributed by atoms with van der Waals surface area (Å²) in [7, 11) is 2.49. The molecule has 1 atom stereocenters. The van der Waals surface area contributed by atoms with Gasteiger partial charge in [-0.3, -0.25) is 9.59 Å². The standard InChI is InChI=1S/C23H25NO6/c1-12-9-10-14-15(11-12)30-21-17(23(27)29-3)16(22(26)28-2)19(18(21)20(14)25)24-13-7-5-4-6-8-13/h9-11,13,16,24H,4-8H2,1-3H3. The molecule has 1 saturated carbocycles. The van der Waals surface area contributed by atoms with Gasteiger partial charge in [0.1, 0.15) is 17.1 Å². The van der Waals surface area contributed by atoms with Crippen LogP contribution in [0.5, 0.6) is 0 Å². The van der Waals surface area contributed by atoms with Crippen molar-refractivity contribution in [1.82, 2.24) is 5.32 Å². The van der Waals surface area contributed by atoms with Gasteiger partial charge in [0, 0.05) is 11.7 Å². The quantitative estimate of drug-likeness (QED) is 0.757. The summed E-state index contributed by atoms with van der Waals surface area (Å²) in [6.45, 7) is 1.89. The highest BCUT2D eigenvalue weighted by molar-refractivity contribution is 6.19. The highest BCUT2D eigenvalue weighted by Gasteiger charge is 2.41. The first-order valence-electron chi connectivity index (χ1n) is 10.2. The molecule has 1 heterocycles. The largest absolute Gasteiger partial charge is 0.468 e. The van der Waals surface area contributed by atoms with Crippen molar-refractivity contribution in [1.29, 1.82) is 0 Å². The first-order valence-corrected chi connectivity index (χ1v) is 10.2. The van der Waals surface area contributed by atoms with E-state index in [4.69, 9.17) is 13.9 Å². The van der Waals surface area contributed by atoms with Gasteiger partial charge < -0.3 is 19.2 Å². The number of ether oxygens (including phenoxy) is 2. The maximum Gasteiger partial charge on any atom is 0.338 e. The molecule has 7 nitrogen and oxygen atoms in total. The van der Waals surface area contributed by atoms with Crippen LogP contribution in [-0.2, 0) is 19.1 Å². The molecule has 0 amide bonds. The Balaban J connectivity index is 2.07. The third-order valence-corrected chi connectivity index (χ3v) is 5.95. The molecule has 2 aromatic rings. The fraction of sp³-hybridized carbons (Fsp3) is 0.435. The van der Waals surface area contributed by atoms with E-state index in [-0.39, 0.29) is 27.7 Å². The van der Waals surface area contributed by atoms with Gasteiger partial charge in [0.25, 0.3) is 0 Å². The second-order valence-corrected chi connectivity index (χ2v) is 7.89. The predicted octanol–water partition coefficient (Wildman–Crippen LogP) is 1.26. The molecule has 2 aliphatic rings. The molecule has 158 valence electrons. The number of benzene rings is 1. The Bertz CT molecular complexity index is 1200. The van der Waals surface area contributed by atoms with Gasteiger partial charge in [-0.15, -0.1) is 0 Å². The fourth-order valence-electron chi connectivity index (χ4n) is 4.45. The molecule has 7 heteroatoms. The highest BCUT2D eigenvalue weighted by atomic mass is 16.5. The van der Waals surface area contributed by atoms with Crippen LogP contribution < -0.4 is 21.4 Å². The average molecular weight is 411 g/mol. The Hall–Kier alpha value is -3.09. The van der Waals surface area contributed by atoms with Crippen molar-refractivity contribution in [3.63, 3.8) is 0 Å². The van der Waals surface area contributed by atoms with E-state index in [0.29, 0.717) is 16.7 Å². The van der Waals surface area contributed by atoms with Crippen LogP contribution in [0.3, 0.4) is 0 Å². The van der Waals surface area contributed by atoms with Crippen molar-refractivity contribution in [2.45, 2.75) is 45.1 Å². The lowest BCUT2D eigenvalue weighted by Crippen LogP contribution is -2.44. The summed E-state index contributed by atoms with van der Waals surface area (Å²) < 4.78 is 16.0. The molecular formula is C23H25NO6. The molecule has 0 aliphatic heterocycles. The second kappa shape index (κ2) is 7.97. The van der Waals surface area contributed by atoms with Gasteiger partial charge in [-0.25, -0.2) is 4.79 Å². The molecule has 4 rings (SSSR count). The Labute approximate surface area is 173 Å². The van der Waals surface area contributed by atoms with Crippen LogP contribution in [0.4, 0.5) is 0 Å². The van der Waals surface area contributed by atoms with Crippen LogP contribution >= 0.6 is 0 Å². The number of nitrogens with one attached hydrogen (secondary N) is 1. The molecule has 0 radical (unpaired) electrons. The maximum absolute atomic E-state index is 13.5. The molecule has 1 fully saturated rings. The van der Waals surface area contributed by atoms with Crippen molar-refractivity contribution in [3.8, 4) is 0 Å². The van der Waals surface area contributed by atoms with Crippen LogP contribution in [0.1, 0.15) is 37.7 Å². The van der Waals surface area contributed by atoms with Crippen LogP contribution in [0, 0.1) is 12.8 Å². The van der Waals surface area contributed by atoms with E-state index in [2.05, 4.69) is 5.32 Å². The summed E-state index contributed by atoms with van der Waals surface area (Å²) in [5.41, 5.74) is 1.45. The van der Waals surface area contributed by atoms with E-state index in [1.165, 1.54) is 14.2 Å². The summed E-state index contributed by atoms with van der Waals surface area (Å²) in [4.78, 5) is 38.9. The van der Waals surface area contributed by atoms with Crippen LogP contribution in [0.15, 0.2) is 27.4 Å². The lowest BCUT2D eigenvalue weighted by Gasteiger charge is -2.27. The van der Waals surface area contributed by atoms with E-state index in [1.54, 1.807) is 12.1 Å². The minimum atomic E-state index is -1.09. The SMILES string of the molecule is COC(=O)C1=c2oc3cc(C)ccc3c(=O)c2=C(NC2CCCCC2)C1C(=O)OC. The molecule has 1 N–H and O–H groups in total. The first-order chi connectivity index (χ1) is 14.5. The van der Waals surface area contributed by atoms with Crippen LogP contribution in [-0.4, -0.2) is 32.2 Å². The highest BCUT2D eigenvalue weighted by Crippen LogP contribution is 2.28. The minimum absolute atomic E-state index is 0.00170. The van der Waals surface area contributed by atoms with Crippen molar-refractivity contribution < 1.29 is 23.5 Å². The molecule has 0 bridgehead atoms. The number of esters is 2. The van der Waals surface area contributed by atoms with Gasteiger partial charge in [-0.2, -0.15) is 0 Å². The zero-order chi connectivity index (χ0) is 21.4. The Morgan fingerprint density at radius 2 is 1.83 bits per heavy atom. The zero-order valence-electron chi connectivity index (χ0n) is 17.4. The lowest BCUT2D eigenvalue weighted by atomic mass is 9.93. The van der Waals surface area contributed by atoms with Crippen molar-refractivity contribution >= 4 is 34.2 Å². The van der Waals surface area contributed by atoms with E-state index < -0.39 is 17.9 Å². The van der Waals surface area contributed by atoms with Gasteiger partial charge in [0.15, 0.2) is 5.42 Å². The van der Waals surface area contributed by atoms with Gasteiger partial charge in [-0.1, -0.05) is 25.3 Å². The van der Waals surface area contributed by atoms with Crippen molar-refractivity contribution in [3.05, 3.63) is 44.6 Å². The Morgan fingerprint density at radius 3 is 2.50 bits per heavy atom. The molecule has 0 saturated heterocycles. The van der Waals surface area contributed by atoms with Crippen LogP contribution in [0.2, 0.25) is 0 Å². The topological polar surface area (TPSA) is 94.8 Å². The van der Waals surface area contributed by atoms with E-state index in [0.717, 1.165) is 37.7 Å². The third-order valence-electron chi connectivity index (χ3n) is 5.95. The number of carbonyl (C=O) groups excluding carboxylic acids is 2. The van der Waals surface area contributed by atoms with Gasteiger partial charge in [-0.05, 0) is 37.5 Å². The predicted molar refractivity (Wildman–Crippen MR) is 111 cm³/mol. The zero-order valence-corrected chi connectivity index (χ0v) is 17.4. The number of hydrogen-bond acceptors (Lipinski definition) is 7. The number of fused-ring (bicyclic) bond motifs is 2. The summed E-state index contributed by atoms with van der Waals surface area (Å²) in [5.74, 6) is -2.45. The number of aryl methyl sites for hydroxylation is 1. The summed E-state index contributed by atoms with van der Waals surface area (Å²) in [6.07, 6.45) is 5.16. The Morgan fingerprint density at radius 1 is 1.10 bits per heavy atom. The normalized spacial score (nSPS) is 19.0. The minimum Gasteiger partial charge on any atom is -0.468 e. The van der Waals surface area contributed by atoms with Gasteiger partial charge >= 0.3 is 11.9 Å². The molecule has 1 aromatic carbocycles. The summed E-state index contributed by atoms with van der Waals surface area (Å²) in [6, 6.07) is 5.39. The van der Waals surface area contributed by atoms with E-state index in [1.807, 2.05) is 13.0 Å². The summed E-state index contributed by atoms with van der Waals surface area (Å²) in [5, 5.41) is 4.01. The lowest BCUT2D eigenvalue weighted by molar-refractivity contribution is -0.144. The van der Waals surface area contributed by atoms with Gasteiger partial charge in [0.2, 0.25) is 5.43 Å². The number of carbonyl (C=O) groups is 2. The number of hydrogen-bond donors (Lipinski definition) is 1. The maximum atomic E-state index is 13.5. The van der Waals surface area contributed by atoms with Crippen molar-refractivity contribution in [2.24, 2.45) is 5.92 Å². The number of methoxy groups -OCH3 is 2. The second-order valence-electron chi connectivity index (χ2n) is 7.89. The average Bonchev–Trinajstić information content (AvgIpc) is 3.07. The molecule has 2 aliphatic carbocycles. The van der Waals surface area contributed by atoms with Crippen LogP contribution in [0.25, 0.3) is 22.2 Å². The smallest absolute Gasteiger partial charge is 0.338 e. The first kappa shape index (κ1) is 20.2. The number of rotatable bonds is 4. The van der Waals surface area contributed by atoms with Crippen molar-refractivity contribution in [2.75, 3.05) is 14.2 Å². The van der Waals surface area contributed by atoms with E-state index in [9.17, 15) is 14.4 Å². The fourth-order valence-corrected chi connectivity index (χ4v) is 4.45. The third kappa shape index (κ3) is 3.28. The monoisotopic (exact) mass is 411 g/mol. The summed E-state index contributed by atoms with van der Waals surface area (Å²) >= 11 is 0. The molecule has 1 aromatic heterocycles.